The minimum absolute atomic E-state index is 0.0179. The van der Waals surface area contributed by atoms with Crippen LogP contribution >= 0.6 is 0 Å². The number of hydrogen-bond donors (Lipinski definition) is 1. The molecule has 1 heterocycles. The maximum atomic E-state index is 13.1. The molecule has 1 N–H and O–H groups in total. The molecule has 3 aromatic rings. The lowest BCUT2D eigenvalue weighted by Crippen LogP contribution is -2.29. The predicted molar refractivity (Wildman–Crippen MR) is 104 cm³/mol. The Morgan fingerprint density at radius 3 is 2.48 bits per heavy atom. The number of carbonyl (C=O) groups is 1. The number of aromatic nitrogens is 2. The average molecular weight is 364 g/mol. The number of halogens is 1. The quantitative estimate of drug-likeness (QED) is 0.707. The number of nitrogens with one attached hydrogen (secondary N) is 1. The summed E-state index contributed by atoms with van der Waals surface area (Å²) >= 11 is 0. The van der Waals surface area contributed by atoms with Crippen LogP contribution in [0.1, 0.15) is 31.0 Å². The first-order valence-corrected chi connectivity index (χ1v) is 8.70. The fourth-order valence-corrected chi connectivity index (χ4v) is 2.71. The zero-order chi connectivity index (χ0) is 19.2. The highest BCUT2D eigenvalue weighted by molar-refractivity contribution is 5.90. The van der Waals surface area contributed by atoms with Crippen LogP contribution in [-0.4, -0.2) is 15.9 Å². The molecule has 0 unspecified atom stereocenters. The van der Waals surface area contributed by atoms with Gasteiger partial charge in [0.1, 0.15) is 11.6 Å². The normalized spacial score (nSPS) is 11.7. The van der Waals surface area contributed by atoms with Gasteiger partial charge in [-0.2, -0.15) is 4.98 Å². The van der Waals surface area contributed by atoms with Crippen molar-refractivity contribution in [2.75, 3.05) is 10.2 Å². The molecule has 0 saturated carbocycles. The summed E-state index contributed by atoms with van der Waals surface area (Å²) in [4.78, 5) is 22.4. The van der Waals surface area contributed by atoms with Gasteiger partial charge in [-0.25, -0.2) is 9.37 Å². The highest BCUT2D eigenvalue weighted by Crippen LogP contribution is 2.20. The largest absolute Gasteiger partial charge is 0.348 e. The second-order valence-corrected chi connectivity index (χ2v) is 6.25. The average Bonchev–Trinajstić information content (AvgIpc) is 2.68. The molecule has 5 nitrogen and oxygen atoms in total. The van der Waals surface area contributed by atoms with Crippen LogP contribution in [0, 0.1) is 5.82 Å². The van der Waals surface area contributed by atoms with Gasteiger partial charge in [0, 0.05) is 13.1 Å². The molecule has 0 aliphatic carbocycles. The van der Waals surface area contributed by atoms with Crippen LogP contribution in [0.4, 0.5) is 16.2 Å². The van der Waals surface area contributed by atoms with Crippen molar-refractivity contribution in [1.82, 2.24) is 9.97 Å². The number of hydrogen-bond acceptors (Lipinski definition) is 4. The molecule has 1 aromatic heterocycles. The summed E-state index contributed by atoms with van der Waals surface area (Å²) in [6.45, 7) is 3.80. The second-order valence-electron chi connectivity index (χ2n) is 6.25. The van der Waals surface area contributed by atoms with Gasteiger partial charge in [0.2, 0.25) is 11.9 Å². The van der Waals surface area contributed by atoms with E-state index in [1.54, 1.807) is 24.4 Å². The van der Waals surface area contributed by atoms with E-state index in [0.717, 1.165) is 11.1 Å². The maximum Gasteiger partial charge on any atom is 0.225 e. The molecule has 1 atom stereocenters. The molecule has 0 fully saturated rings. The molecule has 2 aromatic carbocycles. The maximum absolute atomic E-state index is 13.1. The molecule has 0 aliphatic rings. The van der Waals surface area contributed by atoms with Crippen molar-refractivity contribution in [3.05, 3.63) is 83.8 Å². The van der Waals surface area contributed by atoms with Crippen molar-refractivity contribution < 1.29 is 9.18 Å². The Morgan fingerprint density at radius 1 is 1.11 bits per heavy atom. The summed E-state index contributed by atoms with van der Waals surface area (Å²) in [6.07, 6.45) is 1.61. The highest BCUT2D eigenvalue weighted by Gasteiger charge is 2.15. The number of nitrogens with zero attached hydrogens (tertiary/aromatic N) is 3. The Bertz CT molecular complexity index is 900. The van der Waals surface area contributed by atoms with Gasteiger partial charge in [-0.3, -0.25) is 9.69 Å². The first kappa shape index (κ1) is 18.5. The van der Waals surface area contributed by atoms with Crippen LogP contribution in [-0.2, 0) is 11.3 Å². The number of anilines is 2. The number of carbonyl (C=O) groups excluding carboxylic acids is 1. The molecular weight excluding hydrogens is 343 g/mol. The van der Waals surface area contributed by atoms with E-state index in [2.05, 4.69) is 15.3 Å². The molecule has 3 rings (SSSR count). The Hall–Kier alpha value is -3.28. The molecule has 1 amide bonds. The summed E-state index contributed by atoms with van der Waals surface area (Å²) in [5.41, 5.74) is 1.93. The first-order valence-electron chi connectivity index (χ1n) is 8.70. The van der Waals surface area contributed by atoms with E-state index < -0.39 is 0 Å². The zero-order valence-electron chi connectivity index (χ0n) is 15.3. The lowest BCUT2D eigenvalue weighted by molar-refractivity contribution is -0.116. The summed E-state index contributed by atoms with van der Waals surface area (Å²) in [6, 6.07) is 17.7. The van der Waals surface area contributed by atoms with Gasteiger partial charge in [-0.1, -0.05) is 42.5 Å². The minimum atomic E-state index is -0.309. The van der Waals surface area contributed by atoms with Crippen molar-refractivity contribution in [3.63, 3.8) is 0 Å². The second kappa shape index (κ2) is 8.40. The van der Waals surface area contributed by atoms with Gasteiger partial charge in [0.05, 0.1) is 12.6 Å². The molecule has 6 heteroatoms. The van der Waals surface area contributed by atoms with Crippen molar-refractivity contribution in [2.24, 2.45) is 0 Å². The Labute approximate surface area is 157 Å². The van der Waals surface area contributed by atoms with Crippen LogP contribution in [0.3, 0.4) is 0 Å². The van der Waals surface area contributed by atoms with E-state index in [0.29, 0.717) is 18.3 Å². The van der Waals surface area contributed by atoms with Gasteiger partial charge >= 0.3 is 0 Å². The van der Waals surface area contributed by atoms with Gasteiger partial charge in [-0.05, 0) is 36.2 Å². The lowest BCUT2D eigenvalue weighted by atomic mass is 10.1. The minimum Gasteiger partial charge on any atom is -0.348 e. The third kappa shape index (κ3) is 4.88. The Morgan fingerprint density at radius 2 is 1.81 bits per heavy atom. The van der Waals surface area contributed by atoms with E-state index in [-0.39, 0.29) is 17.8 Å². The Kier molecular flexibility index (Phi) is 5.76. The number of rotatable bonds is 6. The number of amides is 1. The molecular formula is C21H21FN4O. The standard InChI is InChI=1S/C21H21FN4O/c1-15(18-6-4-3-5-7-18)24-21-23-13-12-20(25-21)26(16(2)27)14-17-8-10-19(22)11-9-17/h3-13,15H,14H2,1-2H3,(H,23,24,25)/t15-/m0/s1. The van der Waals surface area contributed by atoms with Gasteiger partial charge < -0.3 is 5.32 Å². The third-order valence-corrected chi connectivity index (χ3v) is 4.20. The van der Waals surface area contributed by atoms with Crippen LogP contribution in [0.25, 0.3) is 0 Å². The molecule has 0 aliphatic heterocycles. The lowest BCUT2D eigenvalue weighted by Gasteiger charge is -2.21. The van der Waals surface area contributed by atoms with E-state index in [4.69, 9.17) is 0 Å². The summed E-state index contributed by atoms with van der Waals surface area (Å²) in [5, 5.41) is 3.25. The van der Waals surface area contributed by atoms with E-state index in [9.17, 15) is 9.18 Å². The predicted octanol–water partition coefficient (Wildman–Crippen LogP) is 4.34. The van der Waals surface area contributed by atoms with Crippen molar-refractivity contribution in [1.29, 1.82) is 0 Å². The molecule has 0 saturated heterocycles. The molecule has 138 valence electrons. The van der Waals surface area contributed by atoms with Crippen molar-refractivity contribution in [3.8, 4) is 0 Å². The van der Waals surface area contributed by atoms with Crippen LogP contribution in [0.5, 0.6) is 0 Å². The van der Waals surface area contributed by atoms with E-state index in [1.807, 2.05) is 37.3 Å². The monoisotopic (exact) mass is 364 g/mol. The van der Waals surface area contributed by atoms with Gasteiger partial charge in [0.25, 0.3) is 0 Å². The van der Waals surface area contributed by atoms with Crippen molar-refractivity contribution in [2.45, 2.75) is 26.4 Å². The van der Waals surface area contributed by atoms with Crippen molar-refractivity contribution >= 4 is 17.7 Å². The van der Waals surface area contributed by atoms with Crippen LogP contribution < -0.4 is 10.2 Å². The molecule has 0 bridgehead atoms. The summed E-state index contributed by atoms with van der Waals surface area (Å²) < 4.78 is 13.1. The van der Waals surface area contributed by atoms with E-state index >= 15 is 0 Å². The highest BCUT2D eigenvalue weighted by atomic mass is 19.1. The van der Waals surface area contributed by atoms with Gasteiger partial charge in [0.15, 0.2) is 0 Å². The number of benzene rings is 2. The topological polar surface area (TPSA) is 58.1 Å². The first-order chi connectivity index (χ1) is 13.0. The summed E-state index contributed by atoms with van der Waals surface area (Å²) in [7, 11) is 0. The zero-order valence-corrected chi connectivity index (χ0v) is 15.3. The third-order valence-electron chi connectivity index (χ3n) is 4.20. The van der Waals surface area contributed by atoms with Gasteiger partial charge in [-0.15, -0.1) is 0 Å². The molecule has 0 spiro atoms. The van der Waals surface area contributed by atoms with Crippen LogP contribution in [0.15, 0.2) is 66.9 Å². The fourth-order valence-electron chi connectivity index (χ4n) is 2.71. The molecule has 27 heavy (non-hydrogen) atoms. The van der Waals surface area contributed by atoms with Crippen LogP contribution in [0.2, 0.25) is 0 Å². The molecule has 0 radical (unpaired) electrons. The van der Waals surface area contributed by atoms with E-state index in [1.165, 1.54) is 24.0 Å². The SMILES string of the molecule is CC(=O)N(Cc1ccc(F)cc1)c1ccnc(N[C@@H](C)c2ccccc2)n1. The Balaban J connectivity index is 1.79. The summed E-state index contributed by atoms with van der Waals surface area (Å²) in [5.74, 6) is 0.468. The fraction of sp³-hybridized carbons (Fsp3) is 0.190. The smallest absolute Gasteiger partial charge is 0.225 e.